The Bertz CT molecular complexity index is 462. The topological polar surface area (TPSA) is 82.5 Å². The second-order valence-corrected chi connectivity index (χ2v) is 4.35. The highest BCUT2D eigenvalue weighted by molar-refractivity contribution is 5.90. The minimum absolute atomic E-state index is 0.0761. The Morgan fingerprint density at radius 1 is 1.53 bits per heavy atom. The van der Waals surface area contributed by atoms with Crippen molar-refractivity contribution in [3.63, 3.8) is 0 Å². The fourth-order valence-electron chi connectivity index (χ4n) is 1.80. The SMILES string of the molecule is CCN(C(=O)Nc1cnccc1C)C(C)CC(=O)O. The van der Waals surface area contributed by atoms with Crippen molar-refractivity contribution in [3.8, 4) is 0 Å². The summed E-state index contributed by atoms with van der Waals surface area (Å²) in [4.78, 5) is 28.2. The van der Waals surface area contributed by atoms with Crippen LogP contribution in [0.3, 0.4) is 0 Å². The molecule has 19 heavy (non-hydrogen) atoms. The number of carbonyl (C=O) groups is 2. The van der Waals surface area contributed by atoms with Gasteiger partial charge in [-0.15, -0.1) is 0 Å². The summed E-state index contributed by atoms with van der Waals surface area (Å²) in [6.07, 6.45) is 3.14. The number of aromatic nitrogens is 1. The number of nitrogens with zero attached hydrogens (tertiary/aromatic N) is 2. The molecular weight excluding hydrogens is 246 g/mol. The van der Waals surface area contributed by atoms with E-state index in [2.05, 4.69) is 10.3 Å². The lowest BCUT2D eigenvalue weighted by atomic mass is 10.2. The van der Waals surface area contributed by atoms with Gasteiger partial charge in [-0.2, -0.15) is 0 Å². The number of pyridine rings is 1. The number of amides is 2. The Hall–Kier alpha value is -2.11. The summed E-state index contributed by atoms with van der Waals surface area (Å²) in [5.74, 6) is -0.920. The number of aliphatic carboxylic acids is 1. The van der Waals surface area contributed by atoms with E-state index < -0.39 is 5.97 Å². The monoisotopic (exact) mass is 265 g/mol. The van der Waals surface area contributed by atoms with Crippen LogP contribution >= 0.6 is 0 Å². The minimum atomic E-state index is -0.920. The van der Waals surface area contributed by atoms with Crippen LogP contribution in [0, 0.1) is 6.92 Å². The zero-order valence-electron chi connectivity index (χ0n) is 11.4. The van der Waals surface area contributed by atoms with Gasteiger partial charge in [0.25, 0.3) is 0 Å². The molecule has 2 amide bonds. The van der Waals surface area contributed by atoms with Crippen molar-refractivity contribution < 1.29 is 14.7 Å². The molecule has 1 heterocycles. The number of urea groups is 1. The number of aryl methyl sites for hydroxylation is 1. The zero-order valence-corrected chi connectivity index (χ0v) is 11.4. The van der Waals surface area contributed by atoms with Gasteiger partial charge in [-0.3, -0.25) is 9.78 Å². The van der Waals surface area contributed by atoms with Crippen LogP contribution in [-0.4, -0.2) is 39.6 Å². The van der Waals surface area contributed by atoms with Crippen LogP contribution in [0.1, 0.15) is 25.8 Å². The average molecular weight is 265 g/mol. The zero-order chi connectivity index (χ0) is 14.4. The summed E-state index contributed by atoms with van der Waals surface area (Å²) in [7, 11) is 0. The Morgan fingerprint density at radius 2 is 2.21 bits per heavy atom. The summed E-state index contributed by atoms with van der Waals surface area (Å²) < 4.78 is 0. The molecule has 1 unspecified atom stereocenters. The van der Waals surface area contributed by atoms with E-state index in [9.17, 15) is 9.59 Å². The molecule has 0 saturated heterocycles. The summed E-state index contributed by atoms with van der Waals surface area (Å²) in [5.41, 5.74) is 1.54. The molecule has 1 aromatic heterocycles. The van der Waals surface area contributed by atoms with Gasteiger partial charge in [-0.1, -0.05) is 0 Å². The molecule has 6 nitrogen and oxygen atoms in total. The molecule has 0 aliphatic carbocycles. The van der Waals surface area contributed by atoms with Crippen LogP contribution in [0.25, 0.3) is 0 Å². The molecule has 0 radical (unpaired) electrons. The molecule has 0 spiro atoms. The molecule has 0 bridgehead atoms. The molecule has 0 aliphatic heterocycles. The summed E-state index contributed by atoms with van der Waals surface area (Å²) in [6, 6.07) is 1.12. The smallest absolute Gasteiger partial charge is 0.322 e. The van der Waals surface area contributed by atoms with Crippen molar-refractivity contribution >= 4 is 17.7 Å². The minimum Gasteiger partial charge on any atom is -0.481 e. The van der Waals surface area contributed by atoms with Gasteiger partial charge >= 0.3 is 12.0 Å². The molecule has 104 valence electrons. The summed E-state index contributed by atoms with van der Waals surface area (Å²) in [5, 5.41) is 11.5. The molecular formula is C13H19N3O3. The lowest BCUT2D eigenvalue weighted by Gasteiger charge is -2.27. The highest BCUT2D eigenvalue weighted by Crippen LogP contribution is 2.13. The highest BCUT2D eigenvalue weighted by atomic mass is 16.4. The van der Waals surface area contributed by atoms with Crippen molar-refractivity contribution in [2.45, 2.75) is 33.2 Å². The van der Waals surface area contributed by atoms with Crippen LogP contribution in [0.2, 0.25) is 0 Å². The van der Waals surface area contributed by atoms with Crippen molar-refractivity contribution in [1.82, 2.24) is 9.88 Å². The van der Waals surface area contributed by atoms with Crippen LogP contribution in [-0.2, 0) is 4.79 Å². The summed E-state index contributed by atoms with van der Waals surface area (Å²) in [6.45, 7) is 5.84. The largest absolute Gasteiger partial charge is 0.481 e. The van der Waals surface area contributed by atoms with Crippen LogP contribution < -0.4 is 5.32 Å². The fraction of sp³-hybridized carbons (Fsp3) is 0.462. The number of carboxylic acid groups (broad SMARTS) is 1. The summed E-state index contributed by atoms with van der Waals surface area (Å²) >= 11 is 0. The second-order valence-electron chi connectivity index (χ2n) is 4.35. The van der Waals surface area contributed by atoms with Crippen molar-refractivity contribution in [2.75, 3.05) is 11.9 Å². The van der Waals surface area contributed by atoms with Gasteiger partial charge in [-0.05, 0) is 32.4 Å². The molecule has 6 heteroatoms. The Balaban J connectivity index is 2.74. The number of rotatable bonds is 5. The van der Waals surface area contributed by atoms with E-state index in [1.165, 1.54) is 4.90 Å². The molecule has 1 aromatic rings. The Labute approximate surface area is 112 Å². The first-order chi connectivity index (χ1) is 8.95. The molecule has 0 fully saturated rings. The maximum absolute atomic E-state index is 12.1. The fourth-order valence-corrected chi connectivity index (χ4v) is 1.80. The lowest BCUT2D eigenvalue weighted by molar-refractivity contribution is -0.137. The Morgan fingerprint density at radius 3 is 2.74 bits per heavy atom. The first kappa shape index (κ1) is 14.9. The van der Waals surface area contributed by atoms with Gasteiger partial charge < -0.3 is 15.3 Å². The van der Waals surface area contributed by atoms with Crippen molar-refractivity contribution in [3.05, 3.63) is 24.0 Å². The normalized spacial score (nSPS) is 11.7. The first-order valence-corrected chi connectivity index (χ1v) is 6.15. The van der Waals surface area contributed by atoms with Crippen LogP contribution in [0.15, 0.2) is 18.5 Å². The van der Waals surface area contributed by atoms with Gasteiger partial charge in [0, 0.05) is 18.8 Å². The molecule has 0 aliphatic rings. The molecule has 2 N–H and O–H groups in total. The third-order valence-corrected chi connectivity index (χ3v) is 2.88. The van der Waals surface area contributed by atoms with Gasteiger partial charge in [0.1, 0.15) is 0 Å². The maximum Gasteiger partial charge on any atom is 0.322 e. The number of carboxylic acids is 1. The molecule has 1 atom stereocenters. The lowest BCUT2D eigenvalue weighted by Crippen LogP contribution is -2.42. The second kappa shape index (κ2) is 6.72. The number of hydrogen-bond donors (Lipinski definition) is 2. The van der Waals surface area contributed by atoms with E-state index >= 15 is 0 Å². The van der Waals surface area contributed by atoms with E-state index in [-0.39, 0.29) is 18.5 Å². The standard InChI is InChI=1S/C13H19N3O3/c1-4-16(10(3)7-12(17)18)13(19)15-11-8-14-6-5-9(11)2/h5-6,8,10H,4,7H2,1-3H3,(H,15,19)(H,17,18). The van der Waals surface area contributed by atoms with Crippen LogP contribution in [0.5, 0.6) is 0 Å². The number of nitrogens with one attached hydrogen (secondary N) is 1. The van der Waals surface area contributed by atoms with Gasteiger partial charge in [0.05, 0.1) is 18.3 Å². The maximum atomic E-state index is 12.1. The average Bonchev–Trinajstić information content (AvgIpc) is 2.32. The molecule has 0 aromatic carbocycles. The molecule has 1 rings (SSSR count). The van der Waals surface area contributed by atoms with E-state index in [0.717, 1.165) is 5.56 Å². The third kappa shape index (κ3) is 4.24. The van der Waals surface area contributed by atoms with Crippen molar-refractivity contribution in [1.29, 1.82) is 0 Å². The van der Waals surface area contributed by atoms with Crippen molar-refractivity contribution in [2.24, 2.45) is 0 Å². The first-order valence-electron chi connectivity index (χ1n) is 6.15. The van der Waals surface area contributed by atoms with E-state index in [1.807, 2.05) is 13.8 Å². The third-order valence-electron chi connectivity index (χ3n) is 2.88. The predicted octanol–water partition coefficient (Wildman–Crippen LogP) is 2.11. The predicted molar refractivity (Wildman–Crippen MR) is 72.1 cm³/mol. The Kier molecular flexibility index (Phi) is 5.29. The number of hydrogen-bond acceptors (Lipinski definition) is 3. The van der Waals surface area contributed by atoms with Gasteiger partial charge in [0.15, 0.2) is 0 Å². The quantitative estimate of drug-likeness (QED) is 0.854. The number of carbonyl (C=O) groups excluding carboxylic acids is 1. The van der Waals surface area contributed by atoms with E-state index in [4.69, 9.17) is 5.11 Å². The van der Waals surface area contributed by atoms with E-state index in [1.54, 1.807) is 25.4 Å². The highest BCUT2D eigenvalue weighted by Gasteiger charge is 2.21. The molecule has 0 saturated carbocycles. The van der Waals surface area contributed by atoms with Crippen LogP contribution in [0.4, 0.5) is 10.5 Å². The van der Waals surface area contributed by atoms with Gasteiger partial charge in [0.2, 0.25) is 0 Å². The van der Waals surface area contributed by atoms with Gasteiger partial charge in [-0.25, -0.2) is 4.79 Å². The number of anilines is 1. The van der Waals surface area contributed by atoms with E-state index in [0.29, 0.717) is 12.2 Å².